The van der Waals surface area contributed by atoms with Gasteiger partial charge in [0, 0.05) is 40.8 Å². The van der Waals surface area contributed by atoms with Crippen LogP contribution >= 0.6 is 11.3 Å². The Labute approximate surface area is 303 Å². The molecule has 1 aliphatic carbocycles. The summed E-state index contributed by atoms with van der Waals surface area (Å²) in [6.45, 7) is 3.23. The number of thiazole rings is 1. The Morgan fingerprint density at radius 2 is 1.75 bits per heavy atom. The zero-order valence-corrected chi connectivity index (χ0v) is 30.6. The summed E-state index contributed by atoms with van der Waals surface area (Å²) in [5.41, 5.74) is 1.63. The zero-order chi connectivity index (χ0) is 37.4. The summed E-state index contributed by atoms with van der Waals surface area (Å²) < 4.78 is 91.5. The molecule has 3 aromatic carbocycles. The first-order valence-corrected chi connectivity index (χ1v) is 20.2. The third-order valence-corrected chi connectivity index (χ3v) is 13.0. The number of sulfone groups is 1. The van der Waals surface area contributed by atoms with Crippen LogP contribution in [0.15, 0.2) is 101 Å². The monoisotopic (exact) mass is 766 g/mol. The van der Waals surface area contributed by atoms with Gasteiger partial charge in [0.25, 0.3) is 10.0 Å². The number of allylic oxidation sites excluding steroid dienone is 2. The predicted octanol–water partition coefficient (Wildman–Crippen LogP) is 7.55. The van der Waals surface area contributed by atoms with E-state index in [4.69, 9.17) is 9.47 Å². The number of aromatic nitrogens is 2. The van der Waals surface area contributed by atoms with Crippen molar-refractivity contribution in [3.05, 3.63) is 124 Å². The molecule has 6 rings (SSSR count). The van der Waals surface area contributed by atoms with Crippen LogP contribution in [-0.4, -0.2) is 55.2 Å². The largest absolute Gasteiger partial charge is 0.466 e. The van der Waals surface area contributed by atoms with E-state index >= 15 is 8.78 Å². The highest BCUT2D eigenvalue weighted by molar-refractivity contribution is 7.94. The number of nitrogens with zero attached hydrogens (tertiary/aromatic N) is 2. The van der Waals surface area contributed by atoms with Gasteiger partial charge in [0.1, 0.15) is 38.6 Å². The normalized spacial score (nSPS) is 16.3. The minimum absolute atomic E-state index is 0.104. The van der Waals surface area contributed by atoms with Gasteiger partial charge in [0.05, 0.1) is 17.0 Å². The number of hydrogen-bond donors (Lipinski definition) is 0. The number of carbonyl (C=O) groups is 2. The summed E-state index contributed by atoms with van der Waals surface area (Å²) in [7, 11) is -8.14. The molecule has 0 spiro atoms. The molecule has 52 heavy (non-hydrogen) atoms. The Morgan fingerprint density at radius 1 is 1.00 bits per heavy atom. The summed E-state index contributed by atoms with van der Waals surface area (Å²) in [4.78, 5) is 29.1. The molecular formula is C37H32F2N2O8S3. The SMILES string of the molecule is CCOC(=O)CCc1cccc(C(=O)c2csc(-c3cc(Oc4ccc5c(ccn5S(=O)(=O)C5(C)CC=C(S(C)(=O)=O)C=C5F)c4)ccc3F)n2)c1. The van der Waals surface area contributed by atoms with E-state index < -0.39 is 36.3 Å². The van der Waals surface area contributed by atoms with Gasteiger partial charge in [0.2, 0.25) is 5.78 Å². The molecule has 1 unspecified atom stereocenters. The Bertz CT molecular complexity index is 2520. The van der Waals surface area contributed by atoms with Gasteiger partial charge in [-0.2, -0.15) is 0 Å². The van der Waals surface area contributed by atoms with Gasteiger partial charge in [-0.1, -0.05) is 24.3 Å². The first-order valence-electron chi connectivity index (χ1n) is 16.0. The van der Waals surface area contributed by atoms with Gasteiger partial charge in [-0.3, -0.25) is 9.59 Å². The second kappa shape index (κ2) is 14.2. The van der Waals surface area contributed by atoms with E-state index in [9.17, 15) is 26.4 Å². The van der Waals surface area contributed by atoms with Crippen molar-refractivity contribution in [3.8, 4) is 22.1 Å². The first kappa shape index (κ1) is 36.8. The molecule has 1 atom stereocenters. The summed E-state index contributed by atoms with van der Waals surface area (Å²) >= 11 is 1.09. The Balaban J connectivity index is 1.20. The number of rotatable bonds is 12. The highest BCUT2D eigenvalue weighted by atomic mass is 32.2. The molecule has 0 saturated carbocycles. The molecule has 0 bridgehead atoms. The van der Waals surface area contributed by atoms with Crippen LogP contribution in [0.1, 0.15) is 48.3 Å². The van der Waals surface area contributed by atoms with Crippen molar-refractivity contribution < 1.29 is 44.7 Å². The van der Waals surface area contributed by atoms with Crippen LogP contribution in [0.5, 0.6) is 11.5 Å². The maximum absolute atomic E-state index is 15.3. The number of ketones is 1. The second-order valence-corrected chi connectivity index (χ2v) is 17.4. The highest BCUT2D eigenvalue weighted by Gasteiger charge is 2.46. The molecule has 0 radical (unpaired) electrons. The maximum atomic E-state index is 15.3. The quantitative estimate of drug-likeness (QED) is 0.0931. The molecule has 5 aromatic rings. The van der Waals surface area contributed by atoms with Crippen molar-refractivity contribution in [3.63, 3.8) is 0 Å². The molecule has 0 N–H and O–H groups in total. The molecule has 2 heterocycles. The van der Waals surface area contributed by atoms with E-state index in [-0.39, 0.29) is 57.0 Å². The standard InChI is InChI=1S/C37H32F2N2O8S3/c1-4-48-34(42)13-8-23-6-5-7-25(18-23)35(43)31-22-50-36(40-31)29-20-27(9-11-30(29)38)49-26-10-12-32-24(19-26)15-17-41(32)52(46,47)37(2)16-14-28(21-33(37)39)51(3,44)45/h5-7,9-12,14-15,17-22H,4,8,13,16H2,1-3H3. The molecule has 0 fully saturated rings. The fourth-order valence-corrected chi connectivity index (χ4v) is 8.87. The minimum Gasteiger partial charge on any atom is -0.466 e. The number of fused-ring (bicyclic) bond motifs is 1. The Kier molecular flexibility index (Phi) is 10.0. The number of benzene rings is 3. The van der Waals surface area contributed by atoms with Gasteiger partial charge in [0.15, 0.2) is 9.84 Å². The second-order valence-electron chi connectivity index (χ2n) is 12.3. The molecule has 0 saturated heterocycles. The topological polar surface area (TPSA) is 139 Å². The lowest BCUT2D eigenvalue weighted by atomic mass is 10.0. The molecule has 2 aromatic heterocycles. The van der Waals surface area contributed by atoms with Crippen molar-refractivity contribution in [1.29, 1.82) is 0 Å². The smallest absolute Gasteiger partial charge is 0.306 e. The van der Waals surface area contributed by atoms with Crippen molar-refractivity contribution >= 4 is 53.9 Å². The van der Waals surface area contributed by atoms with Crippen LogP contribution in [0.3, 0.4) is 0 Å². The maximum Gasteiger partial charge on any atom is 0.306 e. The third kappa shape index (κ3) is 7.20. The van der Waals surface area contributed by atoms with Gasteiger partial charge in [-0.15, -0.1) is 11.3 Å². The number of ether oxygens (including phenoxy) is 2. The van der Waals surface area contributed by atoms with Crippen LogP contribution < -0.4 is 4.74 Å². The van der Waals surface area contributed by atoms with Crippen LogP contribution in [0.2, 0.25) is 0 Å². The van der Waals surface area contributed by atoms with Gasteiger partial charge >= 0.3 is 5.97 Å². The summed E-state index contributed by atoms with van der Waals surface area (Å²) in [6, 6.07) is 17.0. The summed E-state index contributed by atoms with van der Waals surface area (Å²) in [6.07, 6.45) is 4.35. The molecule has 0 aliphatic heterocycles. The van der Waals surface area contributed by atoms with E-state index in [1.54, 1.807) is 36.6 Å². The number of hydrogen-bond acceptors (Lipinski definition) is 10. The highest BCUT2D eigenvalue weighted by Crippen LogP contribution is 2.40. The molecule has 0 amide bonds. The number of carbonyl (C=O) groups excluding carboxylic acids is 2. The van der Waals surface area contributed by atoms with E-state index in [2.05, 4.69) is 4.98 Å². The Hall–Kier alpha value is -4.99. The first-order chi connectivity index (χ1) is 24.6. The van der Waals surface area contributed by atoms with Crippen LogP contribution in [0, 0.1) is 5.82 Å². The van der Waals surface area contributed by atoms with Crippen LogP contribution in [0.25, 0.3) is 21.5 Å². The van der Waals surface area contributed by atoms with Crippen molar-refractivity contribution in [2.24, 2.45) is 0 Å². The third-order valence-electron chi connectivity index (χ3n) is 8.60. The van der Waals surface area contributed by atoms with Crippen molar-refractivity contribution in [1.82, 2.24) is 8.96 Å². The van der Waals surface area contributed by atoms with E-state index in [1.165, 1.54) is 55.6 Å². The average Bonchev–Trinajstić information content (AvgIpc) is 3.77. The number of esters is 1. The lowest BCUT2D eigenvalue weighted by Gasteiger charge is -2.30. The van der Waals surface area contributed by atoms with Crippen LogP contribution in [0.4, 0.5) is 8.78 Å². The minimum atomic E-state index is -4.40. The van der Waals surface area contributed by atoms with E-state index in [0.29, 0.717) is 29.7 Å². The predicted molar refractivity (Wildman–Crippen MR) is 194 cm³/mol. The average molecular weight is 767 g/mol. The lowest BCUT2D eigenvalue weighted by Crippen LogP contribution is -2.41. The number of aryl methyl sites for hydroxylation is 1. The van der Waals surface area contributed by atoms with Crippen molar-refractivity contribution in [2.75, 3.05) is 12.9 Å². The fourth-order valence-electron chi connectivity index (χ4n) is 5.67. The summed E-state index contributed by atoms with van der Waals surface area (Å²) in [5, 5.41) is 2.24. The lowest BCUT2D eigenvalue weighted by molar-refractivity contribution is -0.143. The molecular weight excluding hydrogens is 735 g/mol. The number of halogens is 2. The molecule has 1 aliphatic rings. The van der Waals surface area contributed by atoms with Gasteiger partial charge in [-0.05, 0) is 86.9 Å². The molecule has 270 valence electrons. The van der Waals surface area contributed by atoms with Gasteiger partial charge in [-0.25, -0.2) is 34.6 Å². The van der Waals surface area contributed by atoms with Gasteiger partial charge < -0.3 is 9.47 Å². The van der Waals surface area contributed by atoms with Crippen molar-refractivity contribution in [2.45, 2.75) is 37.9 Å². The summed E-state index contributed by atoms with van der Waals surface area (Å²) in [5.74, 6) is -1.81. The zero-order valence-electron chi connectivity index (χ0n) is 28.1. The Morgan fingerprint density at radius 3 is 2.48 bits per heavy atom. The van der Waals surface area contributed by atoms with E-state index in [1.807, 2.05) is 6.07 Å². The fraction of sp³-hybridized carbons (Fsp3) is 0.216. The van der Waals surface area contributed by atoms with E-state index in [0.717, 1.165) is 33.2 Å². The molecule has 15 heteroatoms. The van der Waals surface area contributed by atoms with Crippen LogP contribution in [-0.2, 0) is 35.8 Å². The molecule has 10 nitrogen and oxygen atoms in total.